The van der Waals surface area contributed by atoms with Crippen LogP contribution in [0.1, 0.15) is 12.0 Å². The van der Waals surface area contributed by atoms with Crippen LogP contribution in [-0.2, 0) is 9.59 Å². The van der Waals surface area contributed by atoms with Gasteiger partial charge in [-0.05, 0) is 18.6 Å². The van der Waals surface area contributed by atoms with Gasteiger partial charge in [0, 0.05) is 0 Å². The Kier molecular flexibility index (Phi) is 5.66. The van der Waals surface area contributed by atoms with E-state index in [-0.39, 0.29) is 25.5 Å². The van der Waals surface area contributed by atoms with Crippen LogP contribution in [0.15, 0.2) is 24.3 Å². The van der Waals surface area contributed by atoms with Gasteiger partial charge in [-0.3, -0.25) is 20.4 Å². The zero-order chi connectivity index (χ0) is 13.4. The third-order valence-electron chi connectivity index (χ3n) is 2.21. The van der Waals surface area contributed by atoms with Crippen molar-refractivity contribution in [3.05, 3.63) is 29.8 Å². The molecule has 0 aliphatic heterocycles. The van der Waals surface area contributed by atoms with Crippen molar-refractivity contribution in [1.29, 1.82) is 0 Å². The van der Waals surface area contributed by atoms with Gasteiger partial charge in [-0.25, -0.2) is 0 Å². The number of nitrogens with one attached hydrogen (secondary N) is 2. The summed E-state index contributed by atoms with van der Waals surface area (Å²) in [5.74, 6) is -0.0233. The monoisotopic (exact) mass is 251 g/mol. The molecule has 0 bridgehead atoms. The number of amides is 2. The van der Waals surface area contributed by atoms with Crippen LogP contribution in [-0.4, -0.2) is 25.0 Å². The third kappa shape index (κ3) is 4.84. The van der Waals surface area contributed by atoms with Crippen LogP contribution in [0.4, 0.5) is 0 Å². The summed E-state index contributed by atoms with van der Waals surface area (Å²) in [6.45, 7) is 2.01. The number of nitrogens with two attached hydrogens (primary N) is 1. The van der Waals surface area contributed by atoms with Crippen molar-refractivity contribution < 1.29 is 14.3 Å². The van der Waals surface area contributed by atoms with E-state index in [0.717, 1.165) is 11.3 Å². The highest BCUT2D eigenvalue weighted by Gasteiger charge is 2.04. The molecule has 0 aromatic heterocycles. The van der Waals surface area contributed by atoms with Gasteiger partial charge < -0.3 is 10.5 Å². The number of carbonyl (C=O) groups is 2. The van der Waals surface area contributed by atoms with Crippen LogP contribution in [0.2, 0.25) is 0 Å². The lowest BCUT2D eigenvalue weighted by molar-refractivity contribution is -0.128. The number of hydrogen-bond acceptors (Lipinski definition) is 4. The molecule has 1 aromatic rings. The Labute approximate surface area is 105 Å². The second-order valence-corrected chi connectivity index (χ2v) is 3.66. The highest BCUT2D eigenvalue weighted by atomic mass is 16.5. The minimum absolute atomic E-state index is 0.152. The number of hydrazine groups is 1. The lowest BCUT2D eigenvalue weighted by atomic mass is 10.2. The Morgan fingerprint density at radius 2 is 1.89 bits per heavy atom. The first kappa shape index (κ1) is 14.0. The van der Waals surface area contributed by atoms with Crippen molar-refractivity contribution in [2.45, 2.75) is 13.3 Å². The van der Waals surface area contributed by atoms with E-state index >= 15 is 0 Å². The summed E-state index contributed by atoms with van der Waals surface area (Å²) in [6.07, 6.45) is 0.152. The van der Waals surface area contributed by atoms with Crippen LogP contribution in [0.3, 0.4) is 0 Å². The van der Waals surface area contributed by atoms with Gasteiger partial charge in [0.05, 0.1) is 19.6 Å². The first-order chi connectivity index (χ1) is 8.63. The molecule has 0 spiro atoms. The first-order valence-corrected chi connectivity index (χ1v) is 5.59. The zero-order valence-corrected chi connectivity index (χ0v) is 10.2. The molecule has 1 rings (SSSR count). The lowest BCUT2D eigenvalue weighted by Crippen LogP contribution is -2.44. The first-order valence-electron chi connectivity index (χ1n) is 5.59. The predicted molar refractivity (Wildman–Crippen MR) is 66.6 cm³/mol. The van der Waals surface area contributed by atoms with Gasteiger partial charge >= 0.3 is 0 Å². The van der Waals surface area contributed by atoms with E-state index < -0.39 is 5.91 Å². The molecule has 98 valence electrons. The number of ether oxygens (including phenoxy) is 1. The minimum Gasteiger partial charge on any atom is -0.493 e. The van der Waals surface area contributed by atoms with Crippen LogP contribution >= 0.6 is 0 Å². The number of carbonyl (C=O) groups excluding carboxylic acids is 2. The average Bonchev–Trinajstić information content (AvgIpc) is 2.38. The molecule has 0 radical (unpaired) electrons. The SMILES string of the molecule is Cc1ccccc1OCCC(=O)NNC(=O)CN. The fourth-order valence-corrected chi connectivity index (χ4v) is 1.23. The van der Waals surface area contributed by atoms with Crippen molar-refractivity contribution in [3.8, 4) is 5.75 Å². The van der Waals surface area contributed by atoms with Crippen LogP contribution in [0.5, 0.6) is 5.75 Å². The number of rotatable bonds is 5. The largest absolute Gasteiger partial charge is 0.493 e. The molecule has 18 heavy (non-hydrogen) atoms. The van der Waals surface area contributed by atoms with Crippen molar-refractivity contribution in [2.75, 3.05) is 13.2 Å². The standard InChI is InChI=1S/C12H17N3O3/c1-9-4-2-3-5-10(9)18-7-6-11(16)14-15-12(17)8-13/h2-5H,6-8,13H2,1H3,(H,14,16)(H,15,17). The summed E-state index contributed by atoms with van der Waals surface area (Å²) in [4.78, 5) is 22.1. The van der Waals surface area contributed by atoms with E-state index in [0.29, 0.717) is 0 Å². The van der Waals surface area contributed by atoms with E-state index in [1.807, 2.05) is 31.2 Å². The van der Waals surface area contributed by atoms with Gasteiger partial charge in [-0.2, -0.15) is 0 Å². The summed E-state index contributed by atoms with van der Waals surface area (Å²) < 4.78 is 5.44. The maximum absolute atomic E-state index is 11.3. The second kappa shape index (κ2) is 7.29. The van der Waals surface area contributed by atoms with E-state index in [4.69, 9.17) is 10.5 Å². The minimum atomic E-state index is -0.442. The van der Waals surface area contributed by atoms with Gasteiger partial charge in [-0.1, -0.05) is 18.2 Å². The molecule has 0 fully saturated rings. The highest BCUT2D eigenvalue weighted by molar-refractivity contribution is 5.82. The van der Waals surface area contributed by atoms with Gasteiger partial charge in [0.25, 0.3) is 5.91 Å². The molecule has 0 saturated heterocycles. The molecular weight excluding hydrogens is 234 g/mol. The Morgan fingerprint density at radius 1 is 1.22 bits per heavy atom. The summed E-state index contributed by atoms with van der Waals surface area (Å²) >= 11 is 0. The number of para-hydroxylation sites is 1. The van der Waals surface area contributed by atoms with E-state index in [9.17, 15) is 9.59 Å². The third-order valence-corrected chi connectivity index (χ3v) is 2.21. The number of benzene rings is 1. The maximum Gasteiger partial charge on any atom is 0.252 e. The molecular formula is C12H17N3O3. The summed E-state index contributed by atoms with van der Waals surface area (Å²) in [7, 11) is 0. The molecule has 2 amide bonds. The zero-order valence-electron chi connectivity index (χ0n) is 10.2. The summed E-state index contributed by atoms with van der Waals surface area (Å²) in [6, 6.07) is 7.54. The lowest BCUT2D eigenvalue weighted by Gasteiger charge is -2.09. The van der Waals surface area contributed by atoms with Crippen LogP contribution < -0.4 is 21.3 Å². The van der Waals surface area contributed by atoms with Gasteiger partial charge in [0.2, 0.25) is 5.91 Å². The molecule has 6 heteroatoms. The fraction of sp³-hybridized carbons (Fsp3) is 0.333. The fourth-order valence-electron chi connectivity index (χ4n) is 1.23. The molecule has 0 aliphatic carbocycles. The molecule has 0 unspecified atom stereocenters. The van der Waals surface area contributed by atoms with Crippen molar-refractivity contribution in [1.82, 2.24) is 10.9 Å². The van der Waals surface area contributed by atoms with E-state index in [1.165, 1.54) is 0 Å². The Balaban J connectivity index is 2.24. The smallest absolute Gasteiger partial charge is 0.252 e. The number of hydrogen-bond donors (Lipinski definition) is 3. The molecule has 1 aromatic carbocycles. The second-order valence-electron chi connectivity index (χ2n) is 3.66. The average molecular weight is 251 g/mol. The molecule has 0 heterocycles. The molecule has 0 saturated carbocycles. The summed E-state index contributed by atoms with van der Waals surface area (Å²) in [5, 5.41) is 0. The highest BCUT2D eigenvalue weighted by Crippen LogP contribution is 2.15. The number of aryl methyl sites for hydroxylation is 1. The maximum atomic E-state index is 11.3. The van der Waals surface area contributed by atoms with Crippen molar-refractivity contribution in [2.24, 2.45) is 5.73 Å². The van der Waals surface area contributed by atoms with Gasteiger partial charge in [0.1, 0.15) is 5.75 Å². The Hall–Kier alpha value is -2.08. The molecule has 0 aliphatic rings. The van der Waals surface area contributed by atoms with Crippen LogP contribution in [0, 0.1) is 6.92 Å². The van der Waals surface area contributed by atoms with E-state index in [2.05, 4.69) is 10.9 Å². The molecule has 0 atom stereocenters. The Bertz CT molecular complexity index is 421. The predicted octanol–water partition coefficient (Wildman–Crippen LogP) is -0.130. The molecule has 4 N–H and O–H groups in total. The van der Waals surface area contributed by atoms with Crippen molar-refractivity contribution >= 4 is 11.8 Å². The normalized spacial score (nSPS) is 9.67. The van der Waals surface area contributed by atoms with E-state index in [1.54, 1.807) is 0 Å². The topological polar surface area (TPSA) is 93.5 Å². The van der Waals surface area contributed by atoms with Gasteiger partial charge in [0.15, 0.2) is 0 Å². The quantitative estimate of drug-likeness (QED) is 0.635. The van der Waals surface area contributed by atoms with Crippen molar-refractivity contribution in [3.63, 3.8) is 0 Å². The molecule has 6 nitrogen and oxygen atoms in total. The van der Waals surface area contributed by atoms with Crippen LogP contribution in [0.25, 0.3) is 0 Å². The Morgan fingerprint density at radius 3 is 2.56 bits per heavy atom. The van der Waals surface area contributed by atoms with Gasteiger partial charge in [-0.15, -0.1) is 0 Å². The summed E-state index contributed by atoms with van der Waals surface area (Å²) in [5.41, 5.74) is 10.5.